The van der Waals surface area contributed by atoms with Crippen LogP contribution < -0.4 is 4.90 Å². The minimum atomic E-state index is -0.669. The van der Waals surface area contributed by atoms with Crippen LogP contribution in [-0.4, -0.2) is 0 Å². The molecule has 10 rings (SSSR count). The molecule has 0 saturated carbocycles. The van der Waals surface area contributed by atoms with Gasteiger partial charge in [-0.3, -0.25) is 0 Å². The number of hydrogen-bond donors (Lipinski definition) is 0. The van der Waals surface area contributed by atoms with Crippen LogP contribution in [0.5, 0.6) is 0 Å². The van der Waals surface area contributed by atoms with E-state index >= 15 is 0 Å². The molecule has 0 radical (unpaired) electrons. The van der Waals surface area contributed by atoms with Gasteiger partial charge in [-0.05, 0) is 125 Å². The molecule has 0 unspecified atom stereocenters. The van der Waals surface area contributed by atoms with Crippen LogP contribution in [0.25, 0.3) is 76.8 Å². The molecule has 0 atom stereocenters. The third kappa shape index (κ3) is 6.12. The third-order valence-corrected chi connectivity index (χ3v) is 9.86. The van der Waals surface area contributed by atoms with Crippen molar-refractivity contribution in [2.75, 3.05) is 4.90 Å². The van der Waals surface area contributed by atoms with Crippen molar-refractivity contribution in [2.45, 2.75) is 0 Å². The first-order chi connectivity index (χ1) is 32.3. The topological polar surface area (TPSA) is 3.24 Å². The number of hydrogen-bond acceptors (Lipinski definition) is 1. The van der Waals surface area contributed by atoms with Crippen LogP contribution in [0.4, 0.5) is 17.1 Å². The van der Waals surface area contributed by atoms with Crippen molar-refractivity contribution in [3.05, 3.63) is 224 Å². The van der Waals surface area contributed by atoms with Crippen molar-refractivity contribution in [2.24, 2.45) is 0 Å². The van der Waals surface area contributed by atoms with Gasteiger partial charge in [0.1, 0.15) is 0 Å². The Morgan fingerprint density at radius 1 is 0.273 bits per heavy atom. The Morgan fingerprint density at radius 3 is 1.44 bits per heavy atom. The number of benzene rings is 10. The van der Waals surface area contributed by atoms with Crippen molar-refractivity contribution >= 4 is 49.4 Å². The van der Waals surface area contributed by atoms with Gasteiger partial charge in [0, 0.05) is 17.1 Å². The van der Waals surface area contributed by atoms with Crippen molar-refractivity contribution < 1.29 is 16.4 Å². The molecule has 0 N–H and O–H groups in total. The fourth-order valence-corrected chi connectivity index (χ4v) is 7.20. The molecule has 0 aliphatic heterocycles. The molecular weight excluding hydrogens is 663 g/mol. The van der Waals surface area contributed by atoms with E-state index in [0.29, 0.717) is 22.1 Å². The summed E-state index contributed by atoms with van der Waals surface area (Å²) >= 11 is 0. The normalized spacial score (nSPS) is 14.3. The number of rotatable bonds is 7. The van der Waals surface area contributed by atoms with Gasteiger partial charge in [0.25, 0.3) is 0 Å². The van der Waals surface area contributed by atoms with Crippen molar-refractivity contribution in [1.29, 1.82) is 0 Å². The summed E-state index contributed by atoms with van der Waals surface area (Å²) in [7, 11) is 0. The van der Waals surface area contributed by atoms with Crippen molar-refractivity contribution in [3.8, 4) is 44.5 Å². The molecule has 0 aromatic heterocycles. The quantitative estimate of drug-likeness (QED) is 0.149. The number of nitrogens with zero attached hydrogens (tertiary/aromatic N) is 1. The van der Waals surface area contributed by atoms with E-state index in [1.165, 1.54) is 0 Å². The Labute approximate surface area is 338 Å². The molecule has 0 bridgehead atoms. The predicted molar refractivity (Wildman–Crippen MR) is 235 cm³/mol. The lowest BCUT2D eigenvalue weighted by molar-refractivity contribution is 1.28. The van der Waals surface area contributed by atoms with E-state index in [9.17, 15) is 16.4 Å². The zero-order chi connectivity index (χ0) is 47.0. The molecule has 0 aliphatic rings. The number of fused-ring (bicyclic) bond motifs is 4. The summed E-state index contributed by atoms with van der Waals surface area (Å²) in [6.07, 6.45) is 0. The van der Waals surface area contributed by atoms with Gasteiger partial charge in [-0.1, -0.05) is 176 Å². The highest BCUT2D eigenvalue weighted by molar-refractivity contribution is 6.13. The van der Waals surface area contributed by atoms with Crippen LogP contribution >= 0.6 is 0 Å². The van der Waals surface area contributed by atoms with Gasteiger partial charge in [-0.25, -0.2) is 0 Å². The predicted octanol–water partition coefficient (Wildman–Crippen LogP) is 15.3. The minimum Gasteiger partial charge on any atom is -0.311 e. The molecule has 1 heteroatoms. The van der Waals surface area contributed by atoms with Gasteiger partial charge in [-0.2, -0.15) is 0 Å². The molecule has 1 nitrogen and oxygen atoms in total. The van der Waals surface area contributed by atoms with E-state index in [4.69, 9.17) is 0 Å². The number of anilines is 3. The fourth-order valence-electron chi connectivity index (χ4n) is 7.20. The van der Waals surface area contributed by atoms with Crippen LogP contribution in [0.15, 0.2) is 224 Å². The molecule has 55 heavy (non-hydrogen) atoms. The molecular formula is C54H37N. The van der Waals surface area contributed by atoms with Gasteiger partial charge in [0.05, 0.1) is 16.4 Å². The Kier molecular flexibility index (Phi) is 5.61. The molecule has 258 valence electrons. The molecule has 0 saturated heterocycles. The van der Waals surface area contributed by atoms with Crippen LogP contribution in [-0.2, 0) is 0 Å². The van der Waals surface area contributed by atoms with Crippen LogP contribution in [0.2, 0.25) is 0 Å². The molecule has 0 heterocycles. The largest absolute Gasteiger partial charge is 0.311 e. The highest BCUT2D eigenvalue weighted by Gasteiger charge is 2.15. The van der Waals surface area contributed by atoms with Gasteiger partial charge in [0.2, 0.25) is 0 Å². The average Bonchev–Trinajstić information content (AvgIpc) is 3.35. The molecule has 10 aromatic carbocycles. The SMILES string of the molecule is [2H]c1c([2H])c(N(c2c([2H])c([2H])c(-c3cccc(-c4cccc5ccccc45)c3)c([2H])c2[2H])c2c([2H])c([2H])c(-c3cc4ccccc4c4ccccc34)c([2H])c2[2H])c([2H])c([2H])c1-c1ccccc1. The zero-order valence-electron chi connectivity index (χ0n) is 41.4. The highest BCUT2D eigenvalue weighted by atomic mass is 15.1. The average molecular weight is 712 g/mol. The van der Waals surface area contributed by atoms with E-state index in [-0.39, 0.29) is 16.7 Å². The fraction of sp³-hybridized carbons (Fsp3) is 0. The Bertz CT molecular complexity index is 3590. The maximum atomic E-state index is 9.67. The summed E-state index contributed by atoms with van der Waals surface area (Å²) in [4.78, 5) is 0.857. The molecule has 10 aromatic rings. The van der Waals surface area contributed by atoms with Crippen molar-refractivity contribution in [3.63, 3.8) is 0 Å². The zero-order valence-corrected chi connectivity index (χ0v) is 29.4. The minimum absolute atomic E-state index is 0.0411. The smallest absolute Gasteiger partial charge is 0.0645 e. The van der Waals surface area contributed by atoms with Gasteiger partial charge in [0.15, 0.2) is 0 Å². The van der Waals surface area contributed by atoms with Crippen LogP contribution in [0, 0.1) is 0 Å². The second-order valence-electron chi connectivity index (χ2n) is 13.2. The first-order valence-electron chi connectivity index (χ1n) is 24.0. The summed E-state index contributed by atoms with van der Waals surface area (Å²) in [6, 6.07) is 39.2. The summed E-state index contributed by atoms with van der Waals surface area (Å²) < 4.78 is 114. The van der Waals surface area contributed by atoms with Crippen molar-refractivity contribution in [1.82, 2.24) is 0 Å². The third-order valence-electron chi connectivity index (χ3n) is 9.86. The summed E-state index contributed by atoms with van der Waals surface area (Å²) in [5, 5.41) is 5.21. The summed E-state index contributed by atoms with van der Waals surface area (Å²) in [5.41, 5.74) is 0.945. The Morgan fingerprint density at radius 2 is 0.745 bits per heavy atom. The molecule has 0 fully saturated rings. The van der Waals surface area contributed by atoms with E-state index in [0.717, 1.165) is 43.0 Å². The van der Waals surface area contributed by atoms with E-state index in [1.54, 1.807) is 54.6 Å². The molecule has 0 amide bonds. The maximum Gasteiger partial charge on any atom is 0.0645 e. The van der Waals surface area contributed by atoms with Crippen LogP contribution in [0.3, 0.4) is 0 Å². The monoisotopic (exact) mass is 711 g/mol. The lowest BCUT2D eigenvalue weighted by Crippen LogP contribution is -2.09. The first-order valence-corrected chi connectivity index (χ1v) is 18.0. The Balaban J connectivity index is 1.25. The van der Waals surface area contributed by atoms with Gasteiger partial charge >= 0.3 is 0 Å². The lowest BCUT2D eigenvalue weighted by atomic mass is 9.93. The lowest BCUT2D eigenvalue weighted by Gasteiger charge is -2.26. The standard InChI is InChI=1S/C54H37N/c1-2-12-38(13-3-1)39-24-30-46(31-25-39)55(48-34-28-42(29-35-48)54-37-45-15-5-7-20-51(45)52-21-8-9-22-53(52)54)47-32-26-40(27-33-47)43-17-10-18-44(36-43)50-23-11-16-41-14-4-6-19-49(41)50/h1-37H/i24D,25D,26D,27D,28D,29D,30D,31D,32D,33D,34D,35D. The van der Waals surface area contributed by atoms with Crippen LogP contribution in [0.1, 0.15) is 16.4 Å². The Hall–Kier alpha value is -7.22. The summed E-state index contributed by atoms with van der Waals surface area (Å²) in [6.45, 7) is 0. The van der Waals surface area contributed by atoms with E-state index in [2.05, 4.69) is 0 Å². The van der Waals surface area contributed by atoms with E-state index in [1.807, 2.05) is 97.1 Å². The van der Waals surface area contributed by atoms with Gasteiger partial charge in [-0.15, -0.1) is 0 Å². The molecule has 0 spiro atoms. The second-order valence-corrected chi connectivity index (χ2v) is 13.2. The summed E-state index contributed by atoms with van der Waals surface area (Å²) in [5.74, 6) is 0. The first kappa shape index (κ1) is 22.1. The highest BCUT2D eigenvalue weighted by Crippen LogP contribution is 2.40. The molecule has 0 aliphatic carbocycles. The second kappa shape index (κ2) is 14.0. The van der Waals surface area contributed by atoms with E-state index < -0.39 is 89.6 Å². The van der Waals surface area contributed by atoms with Gasteiger partial charge < -0.3 is 4.90 Å². The maximum absolute atomic E-state index is 9.67.